The Morgan fingerprint density at radius 2 is 1.94 bits per heavy atom. The van der Waals surface area contributed by atoms with E-state index < -0.39 is 11.6 Å². The molecule has 2 atom stereocenters. The number of rotatable bonds is 7. The zero-order valence-electron chi connectivity index (χ0n) is 11.5. The normalized spacial score (nSPS) is 14.5. The number of halogens is 2. The Morgan fingerprint density at radius 3 is 2.56 bits per heavy atom. The Labute approximate surface area is 109 Å². The summed E-state index contributed by atoms with van der Waals surface area (Å²) in [7, 11) is 0. The SMILES string of the molecule is CCCNC(C)CC(C)Cc1ccc(F)cc1F. The molecule has 0 heterocycles. The van der Waals surface area contributed by atoms with Crippen molar-refractivity contribution in [2.75, 3.05) is 6.54 Å². The maximum Gasteiger partial charge on any atom is 0.129 e. The van der Waals surface area contributed by atoms with E-state index in [4.69, 9.17) is 0 Å². The first kappa shape index (κ1) is 15.1. The van der Waals surface area contributed by atoms with Crippen molar-refractivity contribution in [2.24, 2.45) is 5.92 Å². The molecule has 1 aromatic carbocycles. The van der Waals surface area contributed by atoms with Gasteiger partial charge in [0, 0.05) is 12.1 Å². The standard InChI is InChI=1S/C15H23F2N/c1-4-7-18-12(3)8-11(2)9-13-5-6-14(16)10-15(13)17/h5-6,10-12,18H,4,7-9H2,1-3H3. The van der Waals surface area contributed by atoms with Crippen molar-refractivity contribution in [3.63, 3.8) is 0 Å². The predicted octanol–water partition coefficient (Wildman–Crippen LogP) is 3.92. The van der Waals surface area contributed by atoms with Gasteiger partial charge in [0.1, 0.15) is 11.6 Å². The highest BCUT2D eigenvalue weighted by atomic mass is 19.1. The summed E-state index contributed by atoms with van der Waals surface area (Å²) in [5.74, 6) is -0.567. The quantitative estimate of drug-likeness (QED) is 0.778. The van der Waals surface area contributed by atoms with Crippen LogP contribution in [0, 0.1) is 17.6 Å². The lowest BCUT2D eigenvalue weighted by Crippen LogP contribution is -2.28. The van der Waals surface area contributed by atoms with E-state index in [1.54, 1.807) is 6.07 Å². The second-order valence-corrected chi connectivity index (χ2v) is 5.14. The molecule has 18 heavy (non-hydrogen) atoms. The first-order valence-corrected chi connectivity index (χ1v) is 6.70. The highest BCUT2D eigenvalue weighted by Gasteiger charge is 2.12. The van der Waals surface area contributed by atoms with Gasteiger partial charge in [-0.1, -0.05) is 19.9 Å². The van der Waals surface area contributed by atoms with Crippen molar-refractivity contribution in [3.05, 3.63) is 35.4 Å². The van der Waals surface area contributed by atoms with Crippen molar-refractivity contribution in [3.8, 4) is 0 Å². The van der Waals surface area contributed by atoms with Crippen molar-refractivity contribution in [1.29, 1.82) is 0 Å². The zero-order chi connectivity index (χ0) is 13.5. The van der Waals surface area contributed by atoms with Crippen LogP contribution in [-0.2, 0) is 6.42 Å². The van der Waals surface area contributed by atoms with E-state index in [1.807, 2.05) is 0 Å². The van der Waals surface area contributed by atoms with Crippen LogP contribution in [0.15, 0.2) is 18.2 Å². The molecule has 0 fully saturated rings. The van der Waals surface area contributed by atoms with Gasteiger partial charge in [-0.05, 0) is 50.3 Å². The van der Waals surface area contributed by atoms with Crippen LogP contribution >= 0.6 is 0 Å². The average Bonchev–Trinajstić information content (AvgIpc) is 2.30. The summed E-state index contributed by atoms with van der Waals surface area (Å²) >= 11 is 0. The Bertz CT molecular complexity index is 366. The molecule has 2 unspecified atom stereocenters. The van der Waals surface area contributed by atoms with Gasteiger partial charge < -0.3 is 5.32 Å². The van der Waals surface area contributed by atoms with Crippen molar-refractivity contribution in [1.82, 2.24) is 5.32 Å². The van der Waals surface area contributed by atoms with E-state index in [0.29, 0.717) is 23.9 Å². The number of hydrogen-bond donors (Lipinski definition) is 1. The Kier molecular flexibility index (Phi) is 6.27. The maximum absolute atomic E-state index is 13.5. The van der Waals surface area contributed by atoms with Gasteiger partial charge in [0.05, 0.1) is 0 Å². The minimum Gasteiger partial charge on any atom is -0.314 e. The van der Waals surface area contributed by atoms with Gasteiger partial charge in [-0.2, -0.15) is 0 Å². The third-order valence-electron chi connectivity index (χ3n) is 3.08. The third-order valence-corrected chi connectivity index (χ3v) is 3.08. The molecule has 0 aromatic heterocycles. The highest BCUT2D eigenvalue weighted by Crippen LogP contribution is 2.17. The van der Waals surface area contributed by atoms with E-state index in [9.17, 15) is 8.78 Å². The summed E-state index contributed by atoms with van der Waals surface area (Å²) < 4.78 is 26.3. The molecule has 3 heteroatoms. The minimum absolute atomic E-state index is 0.379. The summed E-state index contributed by atoms with van der Waals surface area (Å²) in [6, 6.07) is 4.26. The van der Waals surface area contributed by atoms with Gasteiger partial charge in [-0.25, -0.2) is 8.78 Å². The first-order chi connectivity index (χ1) is 8.52. The maximum atomic E-state index is 13.5. The molecule has 0 bridgehead atoms. The van der Waals surface area contributed by atoms with Crippen molar-refractivity contribution >= 4 is 0 Å². The Balaban J connectivity index is 2.46. The second kappa shape index (κ2) is 7.47. The van der Waals surface area contributed by atoms with Gasteiger partial charge in [0.2, 0.25) is 0 Å². The molecule has 102 valence electrons. The molecule has 0 aliphatic heterocycles. The molecule has 0 spiro atoms. The van der Waals surface area contributed by atoms with Gasteiger partial charge in [-0.3, -0.25) is 0 Å². The van der Waals surface area contributed by atoms with Crippen molar-refractivity contribution < 1.29 is 8.78 Å². The molecule has 1 aromatic rings. The lowest BCUT2D eigenvalue weighted by molar-refractivity contribution is 0.414. The molecular formula is C15H23F2N. The van der Waals surface area contributed by atoms with Crippen LogP contribution in [-0.4, -0.2) is 12.6 Å². The van der Waals surface area contributed by atoms with Crippen LogP contribution in [0.25, 0.3) is 0 Å². The third kappa shape index (κ3) is 5.13. The summed E-state index contributed by atoms with van der Waals surface area (Å²) in [6.07, 6.45) is 2.77. The van der Waals surface area contributed by atoms with E-state index in [-0.39, 0.29) is 0 Å². The number of benzene rings is 1. The largest absolute Gasteiger partial charge is 0.314 e. The summed E-state index contributed by atoms with van der Waals surface area (Å²) in [6.45, 7) is 7.40. The van der Waals surface area contributed by atoms with Crippen LogP contribution < -0.4 is 5.32 Å². The molecule has 1 N–H and O–H groups in total. The molecule has 0 amide bonds. The van der Waals surface area contributed by atoms with E-state index >= 15 is 0 Å². The van der Waals surface area contributed by atoms with Crippen LogP contribution in [0.1, 0.15) is 39.2 Å². The summed E-state index contributed by atoms with van der Waals surface area (Å²) in [4.78, 5) is 0. The monoisotopic (exact) mass is 255 g/mol. The Hall–Kier alpha value is -0.960. The molecule has 1 rings (SSSR count). The fourth-order valence-electron chi connectivity index (χ4n) is 2.22. The molecule has 0 aliphatic carbocycles. The van der Waals surface area contributed by atoms with Gasteiger partial charge in [0.15, 0.2) is 0 Å². The molecular weight excluding hydrogens is 232 g/mol. The average molecular weight is 255 g/mol. The highest BCUT2D eigenvalue weighted by molar-refractivity contribution is 5.19. The molecule has 0 radical (unpaired) electrons. The first-order valence-electron chi connectivity index (χ1n) is 6.70. The van der Waals surface area contributed by atoms with E-state index in [2.05, 4.69) is 26.1 Å². The van der Waals surface area contributed by atoms with Gasteiger partial charge in [0.25, 0.3) is 0 Å². The molecule has 0 saturated heterocycles. The fourth-order valence-corrected chi connectivity index (χ4v) is 2.22. The van der Waals surface area contributed by atoms with Crippen LogP contribution in [0.4, 0.5) is 8.78 Å². The van der Waals surface area contributed by atoms with Crippen LogP contribution in [0.3, 0.4) is 0 Å². The minimum atomic E-state index is -0.512. The second-order valence-electron chi connectivity index (χ2n) is 5.14. The lowest BCUT2D eigenvalue weighted by atomic mass is 9.94. The smallest absolute Gasteiger partial charge is 0.129 e. The Morgan fingerprint density at radius 1 is 1.22 bits per heavy atom. The number of nitrogens with one attached hydrogen (secondary N) is 1. The number of hydrogen-bond acceptors (Lipinski definition) is 1. The molecule has 1 nitrogen and oxygen atoms in total. The van der Waals surface area contributed by atoms with Crippen LogP contribution in [0.5, 0.6) is 0 Å². The summed E-state index contributed by atoms with van der Waals surface area (Å²) in [5, 5.41) is 3.42. The summed E-state index contributed by atoms with van der Waals surface area (Å²) in [5.41, 5.74) is 0.603. The molecule has 0 saturated carbocycles. The lowest BCUT2D eigenvalue weighted by Gasteiger charge is -2.18. The molecule has 0 aliphatic rings. The van der Waals surface area contributed by atoms with E-state index in [0.717, 1.165) is 25.5 Å². The van der Waals surface area contributed by atoms with Gasteiger partial charge >= 0.3 is 0 Å². The topological polar surface area (TPSA) is 12.0 Å². The van der Waals surface area contributed by atoms with Crippen LogP contribution in [0.2, 0.25) is 0 Å². The van der Waals surface area contributed by atoms with Crippen molar-refractivity contribution in [2.45, 2.75) is 46.1 Å². The zero-order valence-corrected chi connectivity index (χ0v) is 11.5. The fraction of sp³-hybridized carbons (Fsp3) is 0.600. The predicted molar refractivity (Wildman–Crippen MR) is 71.6 cm³/mol. The van der Waals surface area contributed by atoms with E-state index in [1.165, 1.54) is 6.07 Å². The van der Waals surface area contributed by atoms with Gasteiger partial charge in [-0.15, -0.1) is 0 Å².